The van der Waals surface area contributed by atoms with E-state index in [1.807, 2.05) is 0 Å². The SMILES string of the molecule is COc1cc(C(=O)N2CCC(C(=O)O)C2)sc1Br. The number of carbonyl (C=O) groups is 2. The molecule has 0 aromatic carbocycles. The van der Waals surface area contributed by atoms with Gasteiger partial charge < -0.3 is 14.7 Å². The summed E-state index contributed by atoms with van der Waals surface area (Å²) in [5.41, 5.74) is 0. The van der Waals surface area contributed by atoms with Crippen LogP contribution >= 0.6 is 27.3 Å². The molecule has 7 heteroatoms. The van der Waals surface area contributed by atoms with Crippen molar-refractivity contribution in [1.82, 2.24) is 4.90 Å². The lowest BCUT2D eigenvalue weighted by Gasteiger charge is -2.14. The first-order valence-corrected chi connectivity index (χ1v) is 6.99. The lowest BCUT2D eigenvalue weighted by Crippen LogP contribution is -2.29. The Morgan fingerprint density at radius 3 is 2.83 bits per heavy atom. The van der Waals surface area contributed by atoms with E-state index in [4.69, 9.17) is 9.84 Å². The monoisotopic (exact) mass is 333 g/mol. The molecule has 0 saturated carbocycles. The molecule has 18 heavy (non-hydrogen) atoms. The van der Waals surface area contributed by atoms with E-state index in [1.54, 1.807) is 11.0 Å². The van der Waals surface area contributed by atoms with Crippen LogP contribution in [0, 0.1) is 5.92 Å². The Hall–Kier alpha value is -1.08. The van der Waals surface area contributed by atoms with Crippen LogP contribution in [0.2, 0.25) is 0 Å². The highest BCUT2D eigenvalue weighted by Crippen LogP contribution is 2.35. The highest BCUT2D eigenvalue weighted by atomic mass is 79.9. The van der Waals surface area contributed by atoms with Gasteiger partial charge in [-0.2, -0.15) is 0 Å². The maximum atomic E-state index is 12.2. The van der Waals surface area contributed by atoms with Crippen LogP contribution in [0.5, 0.6) is 5.75 Å². The number of thiophene rings is 1. The van der Waals surface area contributed by atoms with Crippen LogP contribution in [0.4, 0.5) is 0 Å². The Labute approximate surface area is 116 Å². The van der Waals surface area contributed by atoms with Gasteiger partial charge in [0.05, 0.1) is 17.9 Å². The van der Waals surface area contributed by atoms with E-state index in [-0.39, 0.29) is 12.5 Å². The Balaban J connectivity index is 2.10. The summed E-state index contributed by atoms with van der Waals surface area (Å²) in [5, 5.41) is 8.91. The van der Waals surface area contributed by atoms with E-state index in [9.17, 15) is 9.59 Å². The molecule has 98 valence electrons. The van der Waals surface area contributed by atoms with E-state index < -0.39 is 11.9 Å². The third kappa shape index (κ3) is 2.51. The number of likely N-dealkylation sites (tertiary alicyclic amines) is 1. The summed E-state index contributed by atoms with van der Waals surface area (Å²) in [7, 11) is 1.54. The first-order valence-electron chi connectivity index (χ1n) is 5.38. The fourth-order valence-electron chi connectivity index (χ4n) is 1.90. The lowest BCUT2D eigenvalue weighted by molar-refractivity contribution is -0.141. The first kappa shape index (κ1) is 13.4. The van der Waals surface area contributed by atoms with Gasteiger partial charge in [0.2, 0.25) is 0 Å². The minimum absolute atomic E-state index is 0.132. The van der Waals surface area contributed by atoms with Crippen molar-refractivity contribution in [2.45, 2.75) is 6.42 Å². The largest absolute Gasteiger partial charge is 0.495 e. The summed E-state index contributed by atoms with van der Waals surface area (Å²) in [6.07, 6.45) is 0.519. The van der Waals surface area contributed by atoms with Crippen LogP contribution in [-0.4, -0.2) is 42.1 Å². The van der Waals surface area contributed by atoms with Crippen LogP contribution in [0.1, 0.15) is 16.1 Å². The molecule has 0 bridgehead atoms. The van der Waals surface area contributed by atoms with Crippen LogP contribution in [-0.2, 0) is 4.79 Å². The van der Waals surface area contributed by atoms with E-state index in [2.05, 4.69) is 15.9 Å². The van der Waals surface area contributed by atoms with E-state index in [0.29, 0.717) is 23.6 Å². The number of nitrogens with zero attached hydrogens (tertiary/aromatic N) is 1. The lowest BCUT2D eigenvalue weighted by atomic mass is 10.1. The van der Waals surface area contributed by atoms with Gasteiger partial charge in [0.1, 0.15) is 9.54 Å². The highest BCUT2D eigenvalue weighted by molar-refractivity contribution is 9.11. The fraction of sp³-hybridized carbons (Fsp3) is 0.455. The Kier molecular flexibility index (Phi) is 3.91. The number of aliphatic carboxylic acids is 1. The molecule has 1 amide bonds. The van der Waals surface area contributed by atoms with Gasteiger partial charge in [0.25, 0.3) is 5.91 Å². The molecule has 1 aromatic heterocycles. The maximum absolute atomic E-state index is 12.2. The van der Waals surface area contributed by atoms with Crippen molar-refractivity contribution in [3.63, 3.8) is 0 Å². The Morgan fingerprint density at radius 2 is 2.33 bits per heavy atom. The number of amides is 1. The molecule has 1 atom stereocenters. The Bertz CT molecular complexity index is 487. The number of halogens is 1. The molecule has 5 nitrogen and oxygen atoms in total. The van der Waals surface area contributed by atoms with Crippen molar-refractivity contribution in [3.05, 3.63) is 14.7 Å². The number of hydrogen-bond donors (Lipinski definition) is 1. The Morgan fingerprint density at radius 1 is 1.61 bits per heavy atom. The molecule has 1 aliphatic rings. The third-order valence-electron chi connectivity index (χ3n) is 2.91. The summed E-state index contributed by atoms with van der Waals surface area (Å²) in [6, 6.07) is 1.67. The quantitative estimate of drug-likeness (QED) is 0.919. The molecule has 1 aromatic rings. The fourth-order valence-corrected chi connectivity index (χ4v) is 3.52. The van der Waals surface area contributed by atoms with Crippen LogP contribution < -0.4 is 4.74 Å². The number of carbonyl (C=O) groups excluding carboxylic acids is 1. The van der Waals surface area contributed by atoms with Crippen LogP contribution in [0.15, 0.2) is 9.85 Å². The number of hydrogen-bond acceptors (Lipinski definition) is 4. The predicted octanol–water partition coefficient (Wildman–Crippen LogP) is 2.07. The number of rotatable bonds is 3. The van der Waals surface area contributed by atoms with Crippen molar-refractivity contribution in [3.8, 4) is 5.75 Å². The van der Waals surface area contributed by atoms with Crippen molar-refractivity contribution >= 4 is 39.1 Å². The second-order valence-electron chi connectivity index (χ2n) is 4.03. The number of carboxylic acid groups (broad SMARTS) is 1. The molecule has 1 unspecified atom stereocenters. The zero-order chi connectivity index (χ0) is 13.3. The first-order chi connectivity index (χ1) is 8.52. The minimum atomic E-state index is -0.838. The second-order valence-corrected chi connectivity index (χ2v) is 6.40. The van der Waals surface area contributed by atoms with Gasteiger partial charge in [0, 0.05) is 19.2 Å². The topological polar surface area (TPSA) is 66.8 Å². The number of carboxylic acids is 1. The van der Waals surface area contributed by atoms with Gasteiger partial charge in [-0.15, -0.1) is 11.3 Å². The summed E-state index contributed by atoms with van der Waals surface area (Å²) in [6.45, 7) is 0.777. The zero-order valence-corrected chi connectivity index (χ0v) is 12.1. The molecular formula is C11H12BrNO4S. The average Bonchev–Trinajstić information content (AvgIpc) is 2.94. The summed E-state index contributed by atoms with van der Waals surface area (Å²) < 4.78 is 5.86. The van der Waals surface area contributed by atoms with Gasteiger partial charge in [-0.1, -0.05) is 0 Å². The van der Waals surface area contributed by atoms with Gasteiger partial charge in [-0.25, -0.2) is 0 Å². The molecule has 0 aliphatic carbocycles. The van der Waals surface area contributed by atoms with E-state index >= 15 is 0 Å². The zero-order valence-electron chi connectivity index (χ0n) is 9.68. The van der Waals surface area contributed by atoms with Crippen molar-refractivity contribution in [1.29, 1.82) is 0 Å². The standard InChI is InChI=1S/C11H12BrNO4S/c1-17-7-4-8(18-9(7)12)10(14)13-3-2-6(5-13)11(15)16/h4,6H,2-3,5H2,1H3,(H,15,16). The summed E-state index contributed by atoms with van der Waals surface area (Å²) >= 11 is 4.61. The number of ether oxygens (including phenoxy) is 1. The smallest absolute Gasteiger partial charge is 0.308 e. The van der Waals surface area contributed by atoms with Gasteiger partial charge in [0.15, 0.2) is 0 Å². The normalized spacial score (nSPS) is 19.0. The van der Waals surface area contributed by atoms with Crippen molar-refractivity contribution in [2.24, 2.45) is 5.92 Å². The molecule has 1 saturated heterocycles. The molecule has 0 spiro atoms. The molecule has 1 aliphatic heterocycles. The molecule has 1 fully saturated rings. The predicted molar refractivity (Wildman–Crippen MR) is 70.2 cm³/mol. The van der Waals surface area contributed by atoms with Crippen molar-refractivity contribution in [2.75, 3.05) is 20.2 Å². The molecule has 0 radical (unpaired) electrons. The summed E-state index contributed by atoms with van der Waals surface area (Å²) in [5.74, 6) is -0.792. The average molecular weight is 334 g/mol. The molecule has 2 rings (SSSR count). The van der Waals surface area contributed by atoms with Crippen LogP contribution in [0.25, 0.3) is 0 Å². The third-order valence-corrected chi connectivity index (χ3v) is 4.68. The van der Waals surface area contributed by atoms with Gasteiger partial charge in [-0.3, -0.25) is 9.59 Å². The molecule has 2 heterocycles. The summed E-state index contributed by atoms with van der Waals surface area (Å²) in [4.78, 5) is 25.2. The van der Waals surface area contributed by atoms with Crippen molar-refractivity contribution < 1.29 is 19.4 Å². The molecular weight excluding hydrogens is 322 g/mol. The maximum Gasteiger partial charge on any atom is 0.308 e. The second kappa shape index (κ2) is 5.27. The van der Waals surface area contributed by atoms with E-state index in [0.717, 1.165) is 3.79 Å². The minimum Gasteiger partial charge on any atom is -0.495 e. The van der Waals surface area contributed by atoms with E-state index in [1.165, 1.54) is 18.4 Å². The van der Waals surface area contributed by atoms with Gasteiger partial charge in [-0.05, 0) is 22.4 Å². The number of methoxy groups -OCH3 is 1. The molecule has 1 N–H and O–H groups in total. The van der Waals surface area contributed by atoms with Gasteiger partial charge >= 0.3 is 5.97 Å². The highest BCUT2D eigenvalue weighted by Gasteiger charge is 2.32. The van der Waals surface area contributed by atoms with Crippen LogP contribution in [0.3, 0.4) is 0 Å².